The second-order valence-corrected chi connectivity index (χ2v) is 8.62. The van der Waals surface area contributed by atoms with Gasteiger partial charge in [0.25, 0.3) is 5.69 Å². The lowest BCUT2D eigenvalue weighted by molar-refractivity contribution is -0.385. The molecule has 0 saturated carbocycles. The lowest BCUT2D eigenvalue weighted by atomic mass is 10.1. The molecule has 3 rings (SSSR count). The standard InChI is InChI=1S/C20H14Cl2N4O5S2/c1-9(13-8-33-18(17(13)27)10-2-5-14(21)15(22)6-10)24-25-20(32)23-11-3-4-12(19(28)29)16(7-11)26(30)31/h2-8,27H,1H3,(H,28,29)(H2,23,25,32)/b24-9+. The number of carbonyl (C=O) groups is 1. The maximum absolute atomic E-state index is 11.1. The first kappa shape index (κ1) is 24.4. The van der Waals surface area contributed by atoms with Gasteiger partial charge in [-0.2, -0.15) is 5.10 Å². The molecule has 0 atom stereocenters. The molecule has 0 unspecified atom stereocenters. The molecule has 4 N–H and O–H groups in total. The molecule has 13 heteroatoms. The molecule has 0 saturated heterocycles. The molecule has 1 heterocycles. The van der Waals surface area contributed by atoms with E-state index in [0.29, 0.717) is 31.8 Å². The third kappa shape index (κ3) is 5.57. The number of thiophene rings is 1. The highest BCUT2D eigenvalue weighted by Crippen LogP contribution is 2.40. The fourth-order valence-electron chi connectivity index (χ4n) is 2.75. The highest BCUT2D eigenvalue weighted by atomic mass is 35.5. The molecule has 2 aromatic carbocycles. The molecule has 0 bridgehead atoms. The molecule has 0 aliphatic heterocycles. The number of hydrogen-bond acceptors (Lipinski definition) is 7. The van der Waals surface area contributed by atoms with E-state index in [1.54, 1.807) is 30.5 Å². The van der Waals surface area contributed by atoms with Crippen LogP contribution in [0, 0.1) is 10.1 Å². The number of aromatic carboxylic acids is 1. The summed E-state index contributed by atoms with van der Waals surface area (Å²) in [4.78, 5) is 22.0. The summed E-state index contributed by atoms with van der Waals surface area (Å²) in [6.45, 7) is 1.66. The topological polar surface area (TPSA) is 137 Å². The third-order valence-corrected chi connectivity index (χ3v) is 6.29. The van der Waals surface area contributed by atoms with Crippen molar-refractivity contribution in [2.45, 2.75) is 6.92 Å². The number of carboxylic acid groups (broad SMARTS) is 1. The van der Waals surface area contributed by atoms with E-state index in [0.717, 1.165) is 12.1 Å². The minimum atomic E-state index is -1.41. The average molecular weight is 525 g/mol. The summed E-state index contributed by atoms with van der Waals surface area (Å²) >= 11 is 18.4. The summed E-state index contributed by atoms with van der Waals surface area (Å²) in [6.07, 6.45) is 0. The number of hydrazone groups is 1. The van der Waals surface area contributed by atoms with Crippen molar-refractivity contribution in [3.05, 3.63) is 73.1 Å². The van der Waals surface area contributed by atoms with E-state index >= 15 is 0 Å². The summed E-state index contributed by atoms with van der Waals surface area (Å²) in [5, 5.41) is 40.1. The number of nitro groups is 1. The number of nitrogens with zero attached hydrogens (tertiary/aromatic N) is 2. The lowest BCUT2D eigenvalue weighted by Gasteiger charge is -2.09. The van der Waals surface area contributed by atoms with Gasteiger partial charge in [-0.05, 0) is 49.0 Å². The quantitative estimate of drug-likeness (QED) is 0.138. The van der Waals surface area contributed by atoms with Crippen LogP contribution in [-0.4, -0.2) is 31.9 Å². The molecular formula is C20H14Cl2N4O5S2. The molecule has 3 aromatic rings. The van der Waals surface area contributed by atoms with E-state index in [1.807, 2.05) is 0 Å². The van der Waals surface area contributed by atoms with Gasteiger partial charge in [-0.3, -0.25) is 15.5 Å². The summed E-state index contributed by atoms with van der Waals surface area (Å²) in [5.41, 5.74) is 3.36. The van der Waals surface area contributed by atoms with Crippen LogP contribution >= 0.6 is 46.8 Å². The Labute approximate surface area is 206 Å². The molecule has 1 aromatic heterocycles. The Kier molecular flexibility index (Phi) is 7.49. The van der Waals surface area contributed by atoms with Gasteiger partial charge in [0.05, 0.1) is 31.1 Å². The van der Waals surface area contributed by atoms with E-state index in [9.17, 15) is 20.0 Å². The zero-order chi connectivity index (χ0) is 24.3. The van der Waals surface area contributed by atoms with Crippen LogP contribution in [0.3, 0.4) is 0 Å². The predicted octanol–water partition coefficient (Wildman–Crippen LogP) is 5.74. The number of thiocarbonyl (C=S) groups is 1. The molecule has 33 heavy (non-hydrogen) atoms. The van der Waals surface area contributed by atoms with Gasteiger partial charge in [-0.25, -0.2) is 4.79 Å². The Morgan fingerprint density at radius 1 is 1.18 bits per heavy atom. The number of rotatable bonds is 6. The van der Waals surface area contributed by atoms with Gasteiger partial charge >= 0.3 is 5.97 Å². The first-order valence-electron chi connectivity index (χ1n) is 8.97. The van der Waals surface area contributed by atoms with Crippen LogP contribution in [0.5, 0.6) is 5.75 Å². The lowest BCUT2D eigenvalue weighted by Crippen LogP contribution is -2.25. The van der Waals surface area contributed by atoms with Crippen molar-refractivity contribution >= 4 is 74.9 Å². The Bertz CT molecular complexity index is 1310. The highest BCUT2D eigenvalue weighted by molar-refractivity contribution is 7.80. The van der Waals surface area contributed by atoms with Crippen molar-refractivity contribution in [2.24, 2.45) is 5.10 Å². The van der Waals surface area contributed by atoms with Gasteiger partial charge in [0.2, 0.25) is 0 Å². The number of benzene rings is 2. The van der Waals surface area contributed by atoms with E-state index in [4.69, 9.17) is 40.5 Å². The molecule has 0 aliphatic carbocycles. The Morgan fingerprint density at radius 2 is 1.91 bits per heavy atom. The first-order chi connectivity index (χ1) is 15.6. The van der Waals surface area contributed by atoms with Crippen LogP contribution in [0.1, 0.15) is 22.8 Å². The molecule has 0 radical (unpaired) electrons. The minimum Gasteiger partial charge on any atom is -0.506 e. The minimum absolute atomic E-state index is 0.00569. The fourth-order valence-corrected chi connectivity index (χ4v) is 4.21. The van der Waals surface area contributed by atoms with E-state index in [2.05, 4.69) is 15.8 Å². The van der Waals surface area contributed by atoms with Crippen LogP contribution in [0.2, 0.25) is 10.0 Å². The predicted molar refractivity (Wildman–Crippen MR) is 133 cm³/mol. The van der Waals surface area contributed by atoms with Gasteiger partial charge in [-0.15, -0.1) is 11.3 Å². The number of hydrogen-bond donors (Lipinski definition) is 4. The third-order valence-electron chi connectivity index (χ3n) is 4.34. The highest BCUT2D eigenvalue weighted by Gasteiger charge is 2.20. The van der Waals surface area contributed by atoms with Crippen LogP contribution < -0.4 is 10.7 Å². The van der Waals surface area contributed by atoms with Crippen LogP contribution in [-0.2, 0) is 0 Å². The van der Waals surface area contributed by atoms with Crippen molar-refractivity contribution in [2.75, 3.05) is 5.32 Å². The number of nitro benzene ring substituents is 1. The SMILES string of the molecule is C/C(=N\NC(=S)Nc1ccc(C(=O)O)c([N+](=O)[O-])c1)c1csc(-c2ccc(Cl)c(Cl)c2)c1O. The van der Waals surface area contributed by atoms with Crippen LogP contribution in [0.25, 0.3) is 10.4 Å². The number of halogens is 2. The molecule has 0 aliphatic rings. The Balaban J connectivity index is 1.74. The molecule has 0 amide bonds. The average Bonchev–Trinajstić information content (AvgIpc) is 3.15. The Morgan fingerprint density at radius 3 is 2.55 bits per heavy atom. The van der Waals surface area contributed by atoms with Crippen LogP contribution in [0.4, 0.5) is 11.4 Å². The largest absolute Gasteiger partial charge is 0.506 e. The van der Waals surface area contributed by atoms with Gasteiger partial charge in [0, 0.05) is 17.1 Å². The number of nitrogens with one attached hydrogen (secondary N) is 2. The molecular weight excluding hydrogens is 511 g/mol. The van der Waals surface area contributed by atoms with E-state index in [-0.39, 0.29) is 16.5 Å². The Hall–Kier alpha value is -3.25. The monoisotopic (exact) mass is 524 g/mol. The first-order valence-corrected chi connectivity index (χ1v) is 11.0. The zero-order valence-corrected chi connectivity index (χ0v) is 19.8. The second-order valence-electron chi connectivity index (χ2n) is 6.51. The van der Waals surface area contributed by atoms with E-state index < -0.39 is 22.1 Å². The number of carboxylic acids is 1. The summed E-state index contributed by atoms with van der Waals surface area (Å²) in [7, 11) is 0. The maximum atomic E-state index is 11.1. The summed E-state index contributed by atoms with van der Waals surface area (Å²) in [5.74, 6) is -1.40. The number of anilines is 1. The zero-order valence-electron chi connectivity index (χ0n) is 16.6. The van der Waals surface area contributed by atoms with E-state index in [1.165, 1.54) is 17.4 Å². The number of aromatic hydroxyl groups is 1. The van der Waals surface area contributed by atoms with Gasteiger partial charge in [0.15, 0.2) is 5.11 Å². The van der Waals surface area contributed by atoms with Crippen molar-refractivity contribution in [1.29, 1.82) is 0 Å². The van der Waals surface area contributed by atoms with Crippen LogP contribution in [0.15, 0.2) is 46.9 Å². The van der Waals surface area contributed by atoms with Gasteiger partial charge < -0.3 is 15.5 Å². The molecule has 9 nitrogen and oxygen atoms in total. The smallest absolute Gasteiger partial charge is 0.342 e. The molecule has 170 valence electrons. The van der Waals surface area contributed by atoms with Crippen molar-refractivity contribution < 1.29 is 19.9 Å². The maximum Gasteiger partial charge on any atom is 0.342 e. The second kappa shape index (κ2) is 10.1. The van der Waals surface area contributed by atoms with Crippen molar-refractivity contribution in [3.63, 3.8) is 0 Å². The van der Waals surface area contributed by atoms with Crippen molar-refractivity contribution in [3.8, 4) is 16.2 Å². The van der Waals surface area contributed by atoms with Gasteiger partial charge in [-0.1, -0.05) is 29.3 Å². The molecule has 0 spiro atoms. The molecule has 0 fully saturated rings. The fraction of sp³-hybridized carbons (Fsp3) is 0.0500. The van der Waals surface area contributed by atoms with Crippen molar-refractivity contribution in [1.82, 2.24) is 5.43 Å². The summed E-state index contributed by atoms with van der Waals surface area (Å²) < 4.78 is 0. The normalized spacial score (nSPS) is 11.2. The summed E-state index contributed by atoms with van der Waals surface area (Å²) in [6, 6.07) is 8.53. The van der Waals surface area contributed by atoms with Gasteiger partial charge in [0.1, 0.15) is 11.3 Å².